The lowest BCUT2D eigenvalue weighted by Gasteiger charge is -2.24. The van der Waals surface area contributed by atoms with E-state index in [9.17, 15) is 13.2 Å². The van der Waals surface area contributed by atoms with E-state index in [-0.39, 0.29) is 10.0 Å². The molecule has 2 aromatic carbocycles. The van der Waals surface area contributed by atoms with Gasteiger partial charge in [0.25, 0.3) is 0 Å². The van der Waals surface area contributed by atoms with Crippen molar-refractivity contribution in [1.82, 2.24) is 0 Å². The van der Waals surface area contributed by atoms with Gasteiger partial charge < -0.3 is 0 Å². The van der Waals surface area contributed by atoms with Gasteiger partial charge in [-0.15, -0.1) is 0 Å². The van der Waals surface area contributed by atoms with Crippen molar-refractivity contribution in [2.24, 2.45) is 0 Å². The Labute approximate surface area is 150 Å². The maximum Gasteiger partial charge on any atom is 0.400 e. The van der Waals surface area contributed by atoms with Crippen LogP contribution >= 0.6 is 31.9 Å². The molecule has 122 valence electrons. The van der Waals surface area contributed by atoms with Crippen molar-refractivity contribution in [3.8, 4) is 0 Å². The first-order valence-electron chi connectivity index (χ1n) is 6.96. The molecule has 0 nitrogen and oxygen atoms in total. The Morgan fingerprint density at radius 3 is 2.09 bits per heavy atom. The molecule has 0 aliphatic carbocycles. The van der Waals surface area contributed by atoms with Gasteiger partial charge in [0, 0.05) is 8.96 Å². The smallest absolute Gasteiger partial charge is 0.170 e. The first-order valence-corrected chi connectivity index (χ1v) is 8.55. The summed E-state index contributed by atoms with van der Waals surface area (Å²) in [6.07, 6.45) is -4.40. The van der Waals surface area contributed by atoms with E-state index in [2.05, 4.69) is 31.9 Å². The fraction of sp³-hybridized carbons (Fsp3) is 0.222. The SMILES string of the molecule is Cc1ccc([C@H](/C(Br)=C(/Br)c2ccccc2)C(F)(F)F)c(C)c1. The van der Waals surface area contributed by atoms with E-state index >= 15 is 0 Å². The molecule has 23 heavy (non-hydrogen) atoms. The van der Waals surface area contributed by atoms with Gasteiger partial charge in [-0.2, -0.15) is 13.2 Å². The number of rotatable bonds is 3. The average molecular weight is 448 g/mol. The minimum absolute atomic E-state index is 0.0724. The zero-order chi connectivity index (χ0) is 17.2. The highest BCUT2D eigenvalue weighted by Gasteiger charge is 2.44. The van der Waals surface area contributed by atoms with Crippen LogP contribution in [0.3, 0.4) is 0 Å². The fourth-order valence-electron chi connectivity index (χ4n) is 2.46. The first kappa shape index (κ1) is 18.3. The molecule has 0 aromatic heterocycles. The second-order valence-electron chi connectivity index (χ2n) is 5.36. The molecule has 5 heteroatoms. The van der Waals surface area contributed by atoms with Crippen molar-refractivity contribution in [3.05, 3.63) is 75.3 Å². The van der Waals surface area contributed by atoms with Crippen LogP contribution in [0.2, 0.25) is 0 Å². The lowest BCUT2D eigenvalue weighted by molar-refractivity contribution is -0.140. The third kappa shape index (κ3) is 4.27. The van der Waals surface area contributed by atoms with Crippen LogP contribution in [0.25, 0.3) is 4.48 Å². The molecule has 1 atom stereocenters. The zero-order valence-corrected chi connectivity index (χ0v) is 15.8. The Morgan fingerprint density at radius 1 is 0.957 bits per heavy atom. The second kappa shape index (κ2) is 7.22. The minimum atomic E-state index is -4.40. The quantitative estimate of drug-likeness (QED) is 0.470. The molecule has 0 radical (unpaired) electrons. The largest absolute Gasteiger partial charge is 0.400 e. The third-order valence-electron chi connectivity index (χ3n) is 3.55. The summed E-state index contributed by atoms with van der Waals surface area (Å²) in [6, 6.07) is 14.0. The van der Waals surface area contributed by atoms with Gasteiger partial charge in [-0.25, -0.2) is 0 Å². The van der Waals surface area contributed by atoms with Crippen molar-refractivity contribution in [2.75, 3.05) is 0 Å². The van der Waals surface area contributed by atoms with Crippen LogP contribution in [0.15, 0.2) is 53.0 Å². The summed E-state index contributed by atoms with van der Waals surface area (Å²) in [5.41, 5.74) is 2.51. The molecule has 2 rings (SSSR count). The summed E-state index contributed by atoms with van der Waals surface area (Å²) in [5.74, 6) is -1.71. The van der Waals surface area contributed by atoms with E-state index in [0.717, 1.165) is 5.56 Å². The van der Waals surface area contributed by atoms with Crippen molar-refractivity contribution >= 4 is 36.3 Å². The molecule has 0 saturated carbocycles. The molecule has 0 bridgehead atoms. The van der Waals surface area contributed by atoms with E-state index in [0.29, 0.717) is 15.6 Å². The molecule has 0 amide bonds. The van der Waals surface area contributed by atoms with Crippen LogP contribution in [-0.2, 0) is 0 Å². The lowest BCUT2D eigenvalue weighted by atomic mass is 9.92. The maximum absolute atomic E-state index is 13.7. The number of benzene rings is 2. The number of alkyl halides is 3. The monoisotopic (exact) mass is 446 g/mol. The summed E-state index contributed by atoms with van der Waals surface area (Å²) in [4.78, 5) is 0. The predicted molar refractivity (Wildman–Crippen MR) is 95.9 cm³/mol. The van der Waals surface area contributed by atoms with E-state index < -0.39 is 12.1 Å². The van der Waals surface area contributed by atoms with Crippen LogP contribution in [-0.4, -0.2) is 6.18 Å². The molecule has 0 aliphatic rings. The molecule has 0 unspecified atom stereocenters. The number of allylic oxidation sites excluding steroid dienone is 1. The van der Waals surface area contributed by atoms with Gasteiger partial charge in [0.1, 0.15) is 5.92 Å². The Kier molecular flexibility index (Phi) is 5.74. The second-order valence-corrected chi connectivity index (χ2v) is 7.01. The number of aryl methyl sites for hydroxylation is 2. The molecule has 2 aromatic rings. The van der Waals surface area contributed by atoms with Crippen LogP contribution in [0.5, 0.6) is 0 Å². The van der Waals surface area contributed by atoms with Gasteiger partial charge >= 0.3 is 6.18 Å². The predicted octanol–water partition coefficient (Wildman–Crippen LogP) is 7.11. The number of hydrogen-bond acceptors (Lipinski definition) is 0. The van der Waals surface area contributed by atoms with E-state index in [1.807, 2.05) is 13.0 Å². The Hall–Kier alpha value is -1.07. The van der Waals surface area contributed by atoms with Crippen LogP contribution in [0, 0.1) is 13.8 Å². The van der Waals surface area contributed by atoms with E-state index in [4.69, 9.17) is 0 Å². The molecule has 0 aliphatic heterocycles. The van der Waals surface area contributed by atoms with Gasteiger partial charge in [-0.3, -0.25) is 0 Å². The maximum atomic E-state index is 13.7. The van der Waals surface area contributed by atoms with Gasteiger partial charge in [-0.1, -0.05) is 70.0 Å². The van der Waals surface area contributed by atoms with Crippen molar-refractivity contribution in [1.29, 1.82) is 0 Å². The average Bonchev–Trinajstić information content (AvgIpc) is 2.48. The van der Waals surface area contributed by atoms with Crippen LogP contribution in [0.4, 0.5) is 13.2 Å². The Balaban J connectivity index is 2.60. The highest BCUT2D eigenvalue weighted by atomic mass is 79.9. The molecule has 0 fully saturated rings. The van der Waals surface area contributed by atoms with E-state index in [1.54, 1.807) is 49.4 Å². The molecule has 0 spiro atoms. The summed E-state index contributed by atoms with van der Waals surface area (Å²) in [7, 11) is 0. The topological polar surface area (TPSA) is 0 Å². The third-order valence-corrected chi connectivity index (χ3v) is 5.83. The normalized spacial score (nSPS) is 14.4. The fourth-order valence-corrected chi connectivity index (χ4v) is 3.68. The standard InChI is InChI=1S/C18H15Br2F3/c1-11-8-9-14(12(2)10-11)15(18(21,22)23)17(20)16(19)13-6-4-3-5-7-13/h3-10,15H,1-2H3/b17-16-/t15-/m1/s1. The summed E-state index contributed by atoms with van der Waals surface area (Å²) in [6.45, 7) is 3.57. The van der Waals surface area contributed by atoms with Gasteiger partial charge in [0.15, 0.2) is 0 Å². The molecular formula is C18H15Br2F3. The van der Waals surface area contributed by atoms with Gasteiger partial charge in [0.05, 0.1) is 0 Å². The summed E-state index contributed by atoms with van der Waals surface area (Å²) in [5, 5.41) is 0. The van der Waals surface area contributed by atoms with Crippen molar-refractivity contribution in [2.45, 2.75) is 25.9 Å². The molecule has 0 heterocycles. The first-order chi connectivity index (χ1) is 10.7. The zero-order valence-electron chi connectivity index (χ0n) is 12.6. The molecule has 0 saturated heterocycles. The van der Waals surface area contributed by atoms with Crippen molar-refractivity contribution < 1.29 is 13.2 Å². The molecular weight excluding hydrogens is 433 g/mol. The van der Waals surface area contributed by atoms with Crippen LogP contribution < -0.4 is 0 Å². The van der Waals surface area contributed by atoms with Gasteiger partial charge in [0.2, 0.25) is 0 Å². The highest BCUT2D eigenvalue weighted by Crippen LogP contribution is 2.47. The van der Waals surface area contributed by atoms with E-state index in [1.165, 1.54) is 0 Å². The van der Waals surface area contributed by atoms with Crippen molar-refractivity contribution in [3.63, 3.8) is 0 Å². The summed E-state index contributed by atoms with van der Waals surface area (Å²) < 4.78 is 41.7. The Morgan fingerprint density at radius 2 is 1.57 bits per heavy atom. The highest BCUT2D eigenvalue weighted by molar-refractivity contribution is 9.16. The Bertz CT molecular complexity index is 719. The lowest BCUT2D eigenvalue weighted by Crippen LogP contribution is -2.22. The number of halogens is 5. The van der Waals surface area contributed by atoms with Crippen LogP contribution in [0.1, 0.15) is 28.2 Å². The number of hydrogen-bond donors (Lipinski definition) is 0. The summed E-state index contributed by atoms with van der Waals surface area (Å²) >= 11 is 6.50. The van der Waals surface area contributed by atoms with Gasteiger partial charge in [-0.05, 0) is 46.5 Å². The minimum Gasteiger partial charge on any atom is -0.170 e. The molecule has 0 N–H and O–H groups in total.